The second-order valence-corrected chi connectivity index (χ2v) is 8.78. The van der Waals surface area contributed by atoms with E-state index in [1.165, 1.54) is 18.5 Å². The molecule has 3 aromatic heterocycles. The van der Waals surface area contributed by atoms with Gasteiger partial charge in [-0.2, -0.15) is 5.10 Å². The van der Waals surface area contributed by atoms with Crippen molar-refractivity contribution in [3.8, 4) is 11.1 Å². The van der Waals surface area contributed by atoms with Crippen LogP contribution in [0, 0.1) is 5.82 Å². The highest BCUT2D eigenvalue weighted by atomic mass is 79.9. The van der Waals surface area contributed by atoms with E-state index in [0.717, 1.165) is 18.8 Å². The molecule has 1 aromatic carbocycles. The summed E-state index contributed by atoms with van der Waals surface area (Å²) < 4.78 is 22.8. The molecule has 4 heterocycles. The minimum atomic E-state index is -0.609. The van der Waals surface area contributed by atoms with Gasteiger partial charge in [0.25, 0.3) is 0 Å². The molecule has 12 heteroatoms. The summed E-state index contributed by atoms with van der Waals surface area (Å²) in [5.41, 5.74) is 9.03. The van der Waals surface area contributed by atoms with Crippen LogP contribution in [0.15, 0.2) is 53.4 Å². The third kappa shape index (κ3) is 5.09. The molecule has 1 fully saturated rings. The normalized spacial score (nSPS) is 14.2. The number of carbonyl (C=O) groups is 1. The van der Waals surface area contributed by atoms with Crippen molar-refractivity contribution in [2.45, 2.75) is 6.54 Å². The van der Waals surface area contributed by atoms with Crippen molar-refractivity contribution < 1.29 is 13.9 Å². The number of amides is 2. The lowest BCUT2D eigenvalue weighted by molar-refractivity contribution is 0.0334. The van der Waals surface area contributed by atoms with Gasteiger partial charge in [-0.3, -0.25) is 10.2 Å². The van der Waals surface area contributed by atoms with Crippen LogP contribution in [-0.4, -0.2) is 56.8 Å². The number of nitrogens with one attached hydrogen (secondary N) is 2. The van der Waals surface area contributed by atoms with Crippen LogP contribution in [0.25, 0.3) is 16.6 Å². The molecule has 0 radical (unpaired) electrons. The smallest absolute Gasteiger partial charge is 0.324 e. The molecule has 1 aliphatic heterocycles. The number of nitrogen functional groups attached to an aromatic ring is 1. The van der Waals surface area contributed by atoms with Crippen molar-refractivity contribution in [2.24, 2.45) is 0 Å². The first-order valence-corrected chi connectivity index (χ1v) is 11.7. The van der Waals surface area contributed by atoms with E-state index in [-0.39, 0.29) is 5.69 Å². The lowest BCUT2D eigenvalue weighted by atomic mass is 10.1. The lowest BCUT2D eigenvalue weighted by Gasteiger charge is -2.26. The zero-order chi connectivity index (χ0) is 24.4. The first-order valence-electron chi connectivity index (χ1n) is 10.9. The Labute approximate surface area is 208 Å². The molecule has 5 rings (SSSR count). The Bertz CT molecular complexity index is 1390. The number of aromatic nitrogens is 4. The maximum atomic E-state index is 15.0. The van der Waals surface area contributed by atoms with E-state index in [9.17, 15) is 4.79 Å². The average molecular weight is 541 g/mol. The van der Waals surface area contributed by atoms with Gasteiger partial charge in [-0.15, -0.1) is 0 Å². The van der Waals surface area contributed by atoms with Crippen LogP contribution in [0.5, 0.6) is 0 Å². The molecule has 0 aliphatic carbocycles. The number of rotatable bonds is 5. The Hall–Kier alpha value is -3.61. The first kappa shape index (κ1) is 23.1. The molecule has 0 unspecified atom stereocenters. The molecule has 1 saturated heterocycles. The fourth-order valence-electron chi connectivity index (χ4n) is 3.99. The van der Waals surface area contributed by atoms with Gasteiger partial charge in [-0.05, 0) is 51.8 Å². The van der Waals surface area contributed by atoms with Crippen molar-refractivity contribution >= 4 is 44.8 Å². The van der Waals surface area contributed by atoms with Crippen LogP contribution in [0.2, 0.25) is 0 Å². The first-order chi connectivity index (χ1) is 17.0. The zero-order valence-electron chi connectivity index (χ0n) is 18.5. The van der Waals surface area contributed by atoms with Gasteiger partial charge in [0.2, 0.25) is 0 Å². The van der Waals surface area contributed by atoms with Crippen LogP contribution in [0.1, 0.15) is 5.69 Å². The third-order valence-electron chi connectivity index (χ3n) is 5.63. The molecule has 0 saturated carbocycles. The van der Waals surface area contributed by atoms with Gasteiger partial charge in [0.15, 0.2) is 5.82 Å². The Morgan fingerprint density at radius 3 is 2.77 bits per heavy atom. The van der Waals surface area contributed by atoms with Crippen LogP contribution in [0.3, 0.4) is 0 Å². The molecule has 4 aromatic rings. The number of halogens is 2. The van der Waals surface area contributed by atoms with Gasteiger partial charge in [-0.1, -0.05) is 12.1 Å². The van der Waals surface area contributed by atoms with E-state index in [1.807, 2.05) is 6.07 Å². The standard InChI is InChI=1S/C23H22BrFN8O2/c24-19-2-1-3-20(30-19)31-23(34)29-18-5-4-14(10-17(18)25)16-11-15(12-32-6-8-35-9-7-32)33-21(16)22(26)27-13-28-33/h1-5,10-11,13H,6-9,12H2,(H2,26,27,28)(H2,29,30,31,34). The summed E-state index contributed by atoms with van der Waals surface area (Å²) in [5, 5.41) is 9.46. The molecule has 4 N–H and O–H groups in total. The molecule has 0 bridgehead atoms. The number of pyridine rings is 1. The molecule has 2 amide bonds. The second-order valence-electron chi connectivity index (χ2n) is 7.96. The monoisotopic (exact) mass is 540 g/mol. The predicted molar refractivity (Wildman–Crippen MR) is 133 cm³/mol. The van der Waals surface area contributed by atoms with Crippen molar-refractivity contribution in [3.05, 3.63) is 64.9 Å². The highest BCUT2D eigenvalue weighted by Crippen LogP contribution is 2.32. The second kappa shape index (κ2) is 9.94. The third-order valence-corrected chi connectivity index (χ3v) is 6.07. The molecule has 10 nitrogen and oxygen atoms in total. The summed E-state index contributed by atoms with van der Waals surface area (Å²) in [4.78, 5) is 22.8. The molecule has 35 heavy (non-hydrogen) atoms. The predicted octanol–water partition coefficient (Wildman–Crippen LogP) is 3.75. The maximum Gasteiger partial charge on any atom is 0.324 e. The van der Waals surface area contributed by atoms with E-state index in [4.69, 9.17) is 10.5 Å². The number of morpholine rings is 1. The molecule has 0 spiro atoms. The fourth-order valence-corrected chi connectivity index (χ4v) is 4.33. The largest absolute Gasteiger partial charge is 0.382 e. The maximum absolute atomic E-state index is 15.0. The number of hydrogen-bond acceptors (Lipinski definition) is 7. The number of benzene rings is 1. The van der Waals surface area contributed by atoms with Gasteiger partial charge in [-0.25, -0.2) is 23.7 Å². The van der Waals surface area contributed by atoms with Crippen LogP contribution in [-0.2, 0) is 11.3 Å². The van der Waals surface area contributed by atoms with E-state index in [2.05, 4.69) is 46.5 Å². The van der Waals surface area contributed by atoms with E-state index < -0.39 is 11.8 Å². The summed E-state index contributed by atoms with van der Waals surface area (Å²) in [5.74, 6) is 0.0357. The van der Waals surface area contributed by atoms with Gasteiger partial charge in [0.05, 0.1) is 24.6 Å². The molecular formula is C23H22BrFN8O2. The summed E-state index contributed by atoms with van der Waals surface area (Å²) >= 11 is 3.24. The molecule has 1 aliphatic rings. The number of anilines is 3. The number of nitrogens with zero attached hydrogens (tertiary/aromatic N) is 5. The highest BCUT2D eigenvalue weighted by molar-refractivity contribution is 9.10. The van der Waals surface area contributed by atoms with Crippen LogP contribution in [0.4, 0.5) is 26.5 Å². The number of urea groups is 1. The topological polar surface area (TPSA) is 123 Å². The molecular weight excluding hydrogens is 519 g/mol. The van der Waals surface area contributed by atoms with Crippen molar-refractivity contribution in [2.75, 3.05) is 42.7 Å². The molecule has 180 valence electrons. The summed E-state index contributed by atoms with van der Waals surface area (Å²) in [6.45, 7) is 3.63. The Morgan fingerprint density at radius 1 is 1.17 bits per heavy atom. The number of hydrogen-bond donors (Lipinski definition) is 3. The summed E-state index contributed by atoms with van der Waals surface area (Å²) in [6.07, 6.45) is 1.40. The van der Waals surface area contributed by atoms with Crippen LogP contribution >= 0.6 is 15.9 Å². The van der Waals surface area contributed by atoms with E-state index in [1.54, 1.807) is 28.8 Å². The zero-order valence-corrected chi connectivity index (χ0v) is 20.1. The lowest BCUT2D eigenvalue weighted by Crippen LogP contribution is -2.36. The number of ether oxygens (including phenoxy) is 1. The van der Waals surface area contributed by atoms with Crippen molar-refractivity contribution in [1.29, 1.82) is 0 Å². The van der Waals surface area contributed by atoms with E-state index in [0.29, 0.717) is 52.6 Å². The number of fused-ring (bicyclic) bond motifs is 1. The minimum absolute atomic E-state index is 0.0301. The fraction of sp³-hybridized carbons (Fsp3) is 0.217. The van der Waals surface area contributed by atoms with Gasteiger partial charge < -0.3 is 15.8 Å². The Morgan fingerprint density at radius 2 is 2.00 bits per heavy atom. The van der Waals surface area contributed by atoms with Crippen molar-refractivity contribution in [3.63, 3.8) is 0 Å². The highest BCUT2D eigenvalue weighted by Gasteiger charge is 2.19. The Balaban J connectivity index is 1.41. The van der Waals surface area contributed by atoms with Gasteiger partial charge in [0.1, 0.15) is 28.1 Å². The summed E-state index contributed by atoms with van der Waals surface area (Å²) in [6, 6.07) is 11.0. The number of nitrogens with two attached hydrogens (primary N) is 1. The van der Waals surface area contributed by atoms with Crippen LogP contribution < -0.4 is 16.4 Å². The Kier molecular flexibility index (Phi) is 6.57. The average Bonchev–Trinajstić information content (AvgIpc) is 3.20. The summed E-state index contributed by atoms with van der Waals surface area (Å²) in [7, 11) is 0. The molecule has 0 atom stereocenters. The number of carbonyl (C=O) groups excluding carboxylic acids is 1. The minimum Gasteiger partial charge on any atom is -0.382 e. The quantitative estimate of drug-likeness (QED) is 0.329. The SMILES string of the molecule is Nc1ncnn2c(CN3CCOCC3)cc(-c3ccc(NC(=O)Nc4cccc(Br)n4)c(F)c3)c12. The van der Waals surface area contributed by atoms with Crippen molar-refractivity contribution in [1.82, 2.24) is 24.5 Å². The van der Waals surface area contributed by atoms with E-state index >= 15 is 4.39 Å². The van der Waals surface area contributed by atoms with Gasteiger partial charge in [0, 0.05) is 25.2 Å². The van der Waals surface area contributed by atoms with Gasteiger partial charge >= 0.3 is 6.03 Å².